The minimum Gasteiger partial charge on any atom is -0.478 e. The lowest BCUT2D eigenvalue weighted by Gasteiger charge is -2.20. The molecule has 0 spiro atoms. The van der Waals surface area contributed by atoms with E-state index in [2.05, 4.69) is 4.90 Å². The number of halogens is 1. The number of rotatable bonds is 3. The second kappa shape index (κ2) is 4.99. The molecule has 0 saturated carbocycles. The van der Waals surface area contributed by atoms with E-state index >= 15 is 0 Å². The zero-order chi connectivity index (χ0) is 12.3. The molecule has 0 aliphatic carbocycles. The van der Waals surface area contributed by atoms with Gasteiger partial charge in [0.05, 0.1) is 0 Å². The van der Waals surface area contributed by atoms with Crippen LogP contribution in [-0.2, 0) is 4.79 Å². The van der Waals surface area contributed by atoms with Crippen molar-refractivity contribution in [1.29, 1.82) is 0 Å². The van der Waals surface area contributed by atoms with Crippen LogP contribution in [0.4, 0.5) is 10.1 Å². The Balaban J connectivity index is 2.36. The van der Waals surface area contributed by atoms with Gasteiger partial charge in [0.2, 0.25) is 0 Å². The zero-order valence-corrected chi connectivity index (χ0v) is 9.40. The second-order valence-electron chi connectivity index (χ2n) is 4.04. The Morgan fingerprint density at radius 3 is 2.71 bits per heavy atom. The number of hydrogen-bond donors (Lipinski definition) is 1. The van der Waals surface area contributed by atoms with E-state index in [0.717, 1.165) is 37.7 Å². The normalized spacial score (nSPS) is 15.7. The number of anilines is 1. The standard InChI is InChI=1S/C13H14FNO2/c14-11-4-3-5-12(15-8-1-2-9-15)10(11)6-7-13(16)17/h3-7H,1-2,8-9H2,(H,16,17)/b7-6+. The van der Waals surface area contributed by atoms with Crippen molar-refractivity contribution in [1.82, 2.24) is 0 Å². The molecule has 90 valence electrons. The Bertz CT molecular complexity index is 451. The molecule has 0 bridgehead atoms. The molecule has 3 nitrogen and oxygen atoms in total. The van der Waals surface area contributed by atoms with E-state index < -0.39 is 5.97 Å². The fourth-order valence-corrected chi connectivity index (χ4v) is 2.08. The van der Waals surface area contributed by atoms with Crippen LogP contribution in [0, 0.1) is 5.82 Å². The Hall–Kier alpha value is -1.84. The molecule has 0 unspecified atom stereocenters. The van der Waals surface area contributed by atoms with Crippen molar-refractivity contribution in [3.8, 4) is 0 Å². The largest absolute Gasteiger partial charge is 0.478 e. The summed E-state index contributed by atoms with van der Waals surface area (Å²) in [4.78, 5) is 12.6. The Morgan fingerprint density at radius 1 is 1.35 bits per heavy atom. The monoisotopic (exact) mass is 235 g/mol. The number of carboxylic acid groups (broad SMARTS) is 1. The van der Waals surface area contributed by atoms with Crippen LogP contribution in [-0.4, -0.2) is 24.2 Å². The van der Waals surface area contributed by atoms with Crippen LogP contribution in [0.25, 0.3) is 6.08 Å². The fourth-order valence-electron chi connectivity index (χ4n) is 2.08. The van der Waals surface area contributed by atoms with Crippen molar-refractivity contribution in [2.75, 3.05) is 18.0 Å². The Kier molecular flexibility index (Phi) is 3.42. The second-order valence-corrected chi connectivity index (χ2v) is 4.04. The van der Waals surface area contributed by atoms with Crippen molar-refractivity contribution in [2.24, 2.45) is 0 Å². The number of aliphatic carboxylic acids is 1. The molecule has 4 heteroatoms. The first kappa shape index (κ1) is 11.6. The number of benzene rings is 1. The van der Waals surface area contributed by atoms with Gasteiger partial charge in [-0.25, -0.2) is 9.18 Å². The van der Waals surface area contributed by atoms with E-state index in [-0.39, 0.29) is 5.82 Å². The molecular weight excluding hydrogens is 221 g/mol. The minimum absolute atomic E-state index is 0.358. The molecule has 17 heavy (non-hydrogen) atoms. The summed E-state index contributed by atoms with van der Waals surface area (Å²) in [5, 5.41) is 8.60. The molecule has 1 heterocycles. The van der Waals surface area contributed by atoms with Crippen LogP contribution in [0.15, 0.2) is 24.3 Å². The number of carbonyl (C=O) groups is 1. The maximum atomic E-state index is 13.7. The lowest BCUT2D eigenvalue weighted by Crippen LogP contribution is -2.19. The molecule has 0 amide bonds. The van der Waals surface area contributed by atoms with Gasteiger partial charge in [-0.2, -0.15) is 0 Å². The molecule has 2 rings (SSSR count). The van der Waals surface area contributed by atoms with Gasteiger partial charge in [-0.15, -0.1) is 0 Å². The summed E-state index contributed by atoms with van der Waals surface area (Å²) in [5.74, 6) is -1.45. The summed E-state index contributed by atoms with van der Waals surface area (Å²) in [6.07, 6.45) is 4.49. The third kappa shape index (κ3) is 2.64. The van der Waals surface area contributed by atoms with Gasteiger partial charge in [-0.3, -0.25) is 0 Å². The van der Waals surface area contributed by atoms with Gasteiger partial charge >= 0.3 is 5.97 Å². The summed E-state index contributed by atoms with van der Waals surface area (Å²) in [6, 6.07) is 4.83. The minimum atomic E-state index is -1.07. The molecule has 1 fully saturated rings. The van der Waals surface area contributed by atoms with Crippen LogP contribution in [0.2, 0.25) is 0 Å². The van der Waals surface area contributed by atoms with E-state index in [1.54, 1.807) is 6.07 Å². The first-order valence-electron chi connectivity index (χ1n) is 5.63. The summed E-state index contributed by atoms with van der Waals surface area (Å²) >= 11 is 0. The average Bonchev–Trinajstić information content (AvgIpc) is 2.80. The third-order valence-corrected chi connectivity index (χ3v) is 2.87. The quantitative estimate of drug-likeness (QED) is 0.818. The highest BCUT2D eigenvalue weighted by molar-refractivity contribution is 5.87. The predicted octanol–water partition coefficient (Wildman–Crippen LogP) is 2.52. The van der Waals surface area contributed by atoms with Gasteiger partial charge in [-0.1, -0.05) is 6.07 Å². The predicted molar refractivity (Wildman–Crippen MR) is 64.5 cm³/mol. The lowest BCUT2D eigenvalue weighted by atomic mass is 10.1. The van der Waals surface area contributed by atoms with Gasteiger partial charge < -0.3 is 10.0 Å². The smallest absolute Gasteiger partial charge is 0.328 e. The Morgan fingerprint density at radius 2 is 2.06 bits per heavy atom. The van der Waals surface area contributed by atoms with Crippen LogP contribution in [0.1, 0.15) is 18.4 Å². The maximum absolute atomic E-state index is 13.7. The molecule has 0 radical (unpaired) electrons. The van der Waals surface area contributed by atoms with Gasteiger partial charge in [0, 0.05) is 30.4 Å². The van der Waals surface area contributed by atoms with Crippen LogP contribution < -0.4 is 4.90 Å². The summed E-state index contributed by atoms with van der Waals surface area (Å²) in [6.45, 7) is 1.80. The van der Waals surface area contributed by atoms with E-state index in [1.807, 2.05) is 6.07 Å². The van der Waals surface area contributed by atoms with Gasteiger partial charge in [0.25, 0.3) is 0 Å². The third-order valence-electron chi connectivity index (χ3n) is 2.87. The first-order valence-corrected chi connectivity index (χ1v) is 5.63. The molecule has 1 aliphatic heterocycles. The highest BCUT2D eigenvalue weighted by Gasteiger charge is 2.16. The Labute approximate surface area is 99.2 Å². The maximum Gasteiger partial charge on any atom is 0.328 e. The van der Waals surface area contributed by atoms with Gasteiger partial charge in [0.15, 0.2) is 0 Å². The molecule has 1 N–H and O–H groups in total. The fraction of sp³-hybridized carbons (Fsp3) is 0.308. The topological polar surface area (TPSA) is 40.5 Å². The summed E-state index contributed by atoms with van der Waals surface area (Å²) in [5.41, 5.74) is 1.14. The van der Waals surface area contributed by atoms with Crippen molar-refractivity contribution in [3.05, 3.63) is 35.7 Å². The molecule has 1 aliphatic rings. The average molecular weight is 235 g/mol. The van der Waals surface area contributed by atoms with Crippen molar-refractivity contribution < 1.29 is 14.3 Å². The molecule has 1 aromatic carbocycles. The molecule has 0 aromatic heterocycles. The highest BCUT2D eigenvalue weighted by atomic mass is 19.1. The SMILES string of the molecule is O=C(O)/C=C/c1c(F)cccc1N1CCCC1. The van der Waals surface area contributed by atoms with E-state index in [0.29, 0.717) is 5.56 Å². The lowest BCUT2D eigenvalue weighted by molar-refractivity contribution is -0.131. The number of carboxylic acids is 1. The van der Waals surface area contributed by atoms with Crippen molar-refractivity contribution in [3.63, 3.8) is 0 Å². The van der Waals surface area contributed by atoms with Crippen LogP contribution in [0.3, 0.4) is 0 Å². The van der Waals surface area contributed by atoms with Gasteiger partial charge in [-0.05, 0) is 31.1 Å². The molecule has 1 aromatic rings. The summed E-state index contributed by atoms with van der Waals surface area (Å²) < 4.78 is 13.7. The van der Waals surface area contributed by atoms with E-state index in [1.165, 1.54) is 12.1 Å². The van der Waals surface area contributed by atoms with Crippen molar-refractivity contribution >= 4 is 17.7 Å². The molecular formula is C13H14FNO2. The number of nitrogens with zero attached hydrogens (tertiary/aromatic N) is 1. The van der Waals surface area contributed by atoms with Gasteiger partial charge in [0.1, 0.15) is 5.82 Å². The van der Waals surface area contributed by atoms with Crippen LogP contribution >= 0.6 is 0 Å². The van der Waals surface area contributed by atoms with Crippen LogP contribution in [0.5, 0.6) is 0 Å². The molecule has 0 atom stereocenters. The number of hydrogen-bond acceptors (Lipinski definition) is 2. The van der Waals surface area contributed by atoms with E-state index in [9.17, 15) is 9.18 Å². The zero-order valence-electron chi connectivity index (χ0n) is 9.40. The highest BCUT2D eigenvalue weighted by Crippen LogP contribution is 2.27. The summed E-state index contributed by atoms with van der Waals surface area (Å²) in [7, 11) is 0. The first-order chi connectivity index (χ1) is 8.18. The molecule has 1 saturated heterocycles. The van der Waals surface area contributed by atoms with E-state index in [4.69, 9.17) is 5.11 Å². The van der Waals surface area contributed by atoms with Crippen molar-refractivity contribution in [2.45, 2.75) is 12.8 Å².